The Morgan fingerprint density at radius 2 is 1.84 bits per heavy atom. The summed E-state index contributed by atoms with van der Waals surface area (Å²) >= 11 is 12.3. The highest BCUT2D eigenvalue weighted by molar-refractivity contribution is 6.46. The number of carbonyl (C=O) groups excluding carboxylic acids is 2. The number of carbonyl (C=O) groups is 2. The first-order valence-corrected chi connectivity index (χ1v) is 10.1. The smallest absolute Gasteiger partial charge is 0.295 e. The number of aliphatic hydroxyl groups excluding tert-OH is 1. The predicted molar refractivity (Wildman–Crippen MR) is 117 cm³/mol. The molecule has 1 aliphatic rings. The molecule has 1 unspecified atom stereocenters. The van der Waals surface area contributed by atoms with Crippen molar-refractivity contribution < 1.29 is 23.8 Å². The van der Waals surface area contributed by atoms with E-state index in [1.807, 2.05) is 19.0 Å². The Balaban J connectivity index is 2.23. The first-order valence-electron chi connectivity index (χ1n) is 9.37. The van der Waals surface area contributed by atoms with Crippen molar-refractivity contribution in [1.29, 1.82) is 0 Å². The van der Waals surface area contributed by atoms with Crippen molar-refractivity contribution >= 4 is 40.7 Å². The van der Waals surface area contributed by atoms with Gasteiger partial charge in [-0.3, -0.25) is 9.59 Å². The normalized spacial score (nSPS) is 18.2. The molecule has 1 N–H and O–H groups in total. The maximum Gasteiger partial charge on any atom is 0.295 e. The van der Waals surface area contributed by atoms with Gasteiger partial charge < -0.3 is 19.6 Å². The maximum atomic E-state index is 13.5. The molecule has 2 aromatic rings. The van der Waals surface area contributed by atoms with E-state index >= 15 is 0 Å². The van der Waals surface area contributed by atoms with E-state index in [0.717, 1.165) is 0 Å². The second-order valence-electron chi connectivity index (χ2n) is 7.32. The van der Waals surface area contributed by atoms with Gasteiger partial charge >= 0.3 is 0 Å². The summed E-state index contributed by atoms with van der Waals surface area (Å²) in [6, 6.07) is 7.34. The van der Waals surface area contributed by atoms with Crippen LogP contribution >= 0.6 is 23.2 Å². The summed E-state index contributed by atoms with van der Waals surface area (Å²) in [6.45, 7) is 0.709. The third-order valence-corrected chi connectivity index (χ3v) is 5.48. The number of ketones is 1. The zero-order chi connectivity index (χ0) is 22.9. The quantitative estimate of drug-likeness (QED) is 0.393. The molecule has 9 heteroatoms. The third kappa shape index (κ3) is 4.54. The Bertz CT molecular complexity index is 1050. The van der Waals surface area contributed by atoms with E-state index in [0.29, 0.717) is 12.1 Å². The van der Waals surface area contributed by atoms with Crippen LogP contribution in [0.4, 0.5) is 4.39 Å². The highest BCUT2D eigenvalue weighted by atomic mass is 35.5. The number of aliphatic hydroxyl groups is 1. The van der Waals surface area contributed by atoms with Gasteiger partial charge in [0, 0.05) is 18.1 Å². The average Bonchev–Trinajstić information content (AvgIpc) is 2.96. The fourth-order valence-corrected chi connectivity index (χ4v) is 4.07. The molecule has 1 amide bonds. The number of rotatable bonds is 6. The van der Waals surface area contributed by atoms with Gasteiger partial charge in [-0.05, 0) is 43.9 Å². The SMILES string of the molecule is COc1c(Cl)cc(Cl)cc1/C(O)=C1\C(=O)C(=O)N(CCN(C)C)C1c1ccc(F)cc1. The van der Waals surface area contributed by atoms with E-state index in [2.05, 4.69) is 0 Å². The molecule has 164 valence electrons. The number of nitrogens with zero attached hydrogens (tertiary/aromatic N) is 2. The number of hydrogen-bond acceptors (Lipinski definition) is 5. The van der Waals surface area contributed by atoms with Crippen LogP contribution in [0.15, 0.2) is 42.0 Å². The van der Waals surface area contributed by atoms with Crippen molar-refractivity contribution in [2.75, 3.05) is 34.3 Å². The van der Waals surface area contributed by atoms with Crippen LogP contribution < -0.4 is 4.74 Å². The van der Waals surface area contributed by atoms with Crippen LogP contribution in [-0.2, 0) is 9.59 Å². The van der Waals surface area contributed by atoms with Crippen LogP contribution in [0.3, 0.4) is 0 Å². The topological polar surface area (TPSA) is 70.1 Å². The molecule has 31 heavy (non-hydrogen) atoms. The van der Waals surface area contributed by atoms with Gasteiger partial charge in [0.15, 0.2) is 0 Å². The molecule has 1 aliphatic heterocycles. The van der Waals surface area contributed by atoms with Crippen LogP contribution in [0.2, 0.25) is 10.0 Å². The first-order chi connectivity index (χ1) is 14.6. The van der Waals surface area contributed by atoms with Crippen molar-refractivity contribution in [3.05, 3.63) is 69.0 Å². The van der Waals surface area contributed by atoms with Gasteiger partial charge in [0.1, 0.15) is 17.3 Å². The van der Waals surface area contributed by atoms with Crippen LogP contribution in [0.5, 0.6) is 5.75 Å². The number of methoxy groups -OCH3 is 1. The summed E-state index contributed by atoms with van der Waals surface area (Å²) in [5.74, 6) is -2.44. The summed E-state index contributed by atoms with van der Waals surface area (Å²) in [6.07, 6.45) is 0. The number of ether oxygens (including phenoxy) is 1. The van der Waals surface area contributed by atoms with E-state index in [4.69, 9.17) is 27.9 Å². The Hall–Kier alpha value is -2.61. The molecule has 1 saturated heterocycles. The summed E-state index contributed by atoms with van der Waals surface area (Å²) < 4.78 is 18.8. The lowest BCUT2D eigenvalue weighted by Gasteiger charge is -2.26. The maximum absolute atomic E-state index is 13.5. The lowest BCUT2D eigenvalue weighted by Crippen LogP contribution is -2.35. The van der Waals surface area contributed by atoms with E-state index in [1.165, 1.54) is 48.4 Å². The van der Waals surface area contributed by atoms with Crippen molar-refractivity contribution in [2.45, 2.75) is 6.04 Å². The zero-order valence-electron chi connectivity index (χ0n) is 17.2. The van der Waals surface area contributed by atoms with Gasteiger partial charge in [-0.15, -0.1) is 0 Å². The zero-order valence-corrected chi connectivity index (χ0v) is 18.7. The van der Waals surface area contributed by atoms with Crippen molar-refractivity contribution in [2.24, 2.45) is 0 Å². The van der Waals surface area contributed by atoms with E-state index < -0.39 is 29.3 Å². The Morgan fingerprint density at radius 1 is 1.19 bits per heavy atom. The summed E-state index contributed by atoms with van der Waals surface area (Å²) in [5.41, 5.74) is 0.415. The van der Waals surface area contributed by atoms with Gasteiger partial charge in [-0.1, -0.05) is 35.3 Å². The molecule has 6 nitrogen and oxygen atoms in total. The lowest BCUT2D eigenvalue weighted by atomic mass is 9.95. The molecule has 0 aromatic heterocycles. The van der Waals surface area contributed by atoms with E-state index in [1.54, 1.807) is 0 Å². The molecule has 0 spiro atoms. The summed E-state index contributed by atoms with van der Waals surface area (Å²) in [5, 5.41) is 11.5. The Kier molecular flexibility index (Phi) is 6.89. The molecule has 0 aliphatic carbocycles. The molecule has 1 fully saturated rings. The van der Waals surface area contributed by atoms with Crippen molar-refractivity contribution in [3.8, 4) is 5.75 Å². The molecular formula is C22H21Cl2FN2O4. The largest absolute Gasteiger partial charge is 0.507 e. The third-order valence-electron chi connectivity index (χ3n) is 4.98. The number of hydrogen-bond donors (Lipinski definition) is 1. The highest BCUT2D eigenvalue weighted by Crippen LogP contribution is 2.43. The molecule has 1 atom stereocenters. The van der Waals surface area contributed by atoms with Gasteiger partial charge in [-0.2, -0.15) is 0 Å². The number of benzene rings is 2. The summed E-state index contributed by atoms with van der Waals surface area (Å²) in [7, 11) is 5.03. The minimum Gasteiger partial charge on any atom is -0.507 e. The van der Waals surface area contributed by atoms with Gasteiger partial charge in [0.25, 0.3) is 11.7 Å². The second-order valence-corrected chi connectivity index (χ2v) is 8.16. The minimum absolute atomic E-state index is 0.0812. The van der Waals surface area contributed by atoms with Gasteiger partial charge in [-0.25, -0.2) is 4.39 Å². The number of amides is 1. The van der Waals surface area contributed by atoms with Crippen LogP contribution in [-0.4, -0.2) is 60.9 Å². The Labute approximate surface area is 189 Å². The molecule has 1 heterocycles. The molecule has 2 aromatic carbocycles. The van der Waals surface area contributed by atoms with Crippen molar-refractivity contribution in [1.82, 2.24) is 9.80 Å². The van der Waals surface area contributed by atoms with Gasteiger partial charge in [0.05, 0.1) is 29.3 Å². The van der Waals surface area contributed by atoms with Gasteiger partial charge in [0.2, 0.25) is 0 Å². The molecular weight excluding hydrogens is 446 g/mol. The standard InChI is InChI=1S/C22H21Cl2FN2O4/c1-26(2)8-9-27-18(12-4-6-14(25)7-5-12)17(20(29)22(27)30)19(28)15-10-13(23)11-16(24)21(15)31-3/h4-7,10-11,18,28H,8-9H2,1-3H3/b19-17+. The molecule has 0 radical (unpaired) electrons. The highest BCUT2D eigenvalue weighted by Gasteiger charge is 2.46. The number of halogens is 3. The van der Waals surface area contributed by atoms with E-state index in [-0.39, 0.29) is 33.5 Å². The number of Topliss-reactive ketones (excluding diaryl/α,β-unsaturated/α-hetero) is 1. The number of likely N-dealkylation sites (tertiary alicyclic amines) is 1. The monoisotopic (exact) mass is 466 g/mol. The van der Waals surface area contributed by atoms with Crippen LogP contribution in [0, 0.1) is 5.82 Å². The molecule has 0 bridgehead atoms. The average molecular weight is 467 g/mol. The van der Waals surface area contributed by atoms with Crippen LogP contribution in [0.25, 0.3) is 5.76 Å². The fourth-order valence-electron chi connectivity index (χ4n) is 3.50. The van der Waals surface area contributed by atoms with E-state index in [9.17, 15) is 19.1 Å². The number of likely N-dealkylation sites (N-methyl/N-ethyl adjacent to an activating group) is 1. The molecule has 0 saturated carbocycles. The summed E-state index contributed by atoms with van der Waals surface area (Å²) in [4.78, 5) is 29.1. The predicted octanol–water partition coefficient (Wildman–Crippen LogP) is 4.12. The Morgan fingerprint density at radius 3 is 2.42 bits per heavy atom. The fraction of sp³-hybridized carbons (Fsp3) is 0.273. The molecule has 3 rings (SSSR count). The van der Waals surface area contributed by atoms with Crippen LogP contribution in [0.1, 0.15) is 17.2 Å². The minimum atomic E-state index is -0.914. The lowest BCUT2D eigenvalue weighted by molar-refractivity contribution is -0.140. The first kappa shape index (κ1) is 23.1. The second kappa shape index (κ2) is 9.26. The van der Waals surface area contributed by atoms with Crippen molar-refractivity contribution in [3.63, 3.8) is 0 Å².